The maximum Gasteiger partial charge on any atom is 0.345 e. The zero-order valence-electron chi connectivity index (χ0n) is 9.74. The van der Waals surface area contributed by atoms with Crippen LogP contribution in [-0.2, 0) is 16.0 Å². The monoisotopic (exact) mass is 238 g/mol. The first-order valence-corrected chi connectivity index (χ1v) is 5.78. The summed E-state index contributed by atoms with van der Waals surface area (Å²) in [6.45, 7) is 2.54. The van der Waals surface area contributed by atoms with Crippen molar-refractivity contribution in [3.05, 3.63) is 29.3 Å². The lowest BCUT2D eigenvalue weighted by molar-refractivity contribution is -0.149. The first-order valence-electron chi connectivity index (χ1n) is 5.78. The minimum atomic E-state index is -1.71. The van der Waals surface area contributed by atoms with Crippen LogP contribution in [0.15, 0.2) is 18.2 Å². The molecule has 0 N–H and O–H groups in total. The van der Waals surface area contributed by atoms with Gasteiger partial charge in [0.25, 0.3) is 0 Å². The number of hydrogen-bond donors (Lipinski definition) is 0. The molecule has 0 saturated heterocycles. The summed E-state index contributed by atoms with van der Waals surface area (Å²) in [6, 6.07) is 4.98. The predicted octanol–water partition coefficient (Wildman–Crippen LogP) is 2.59. The Hall–Kier alpha value is -1.58. The highest BCUT2D eigenvalue weighted by molar-refractivity contribution is 5.76. The summed E-state index contributed by atoms with van der Waals surface area (Å²) in [4.78, 5) is 11.3. The van der Waals surface area contributed by atoms with E-state index in [0.29, 0.717) is 12.2 Å². The van der Waals surface area contributed by atoms with Crippen molar-refractivity contribution in [2.24, 2.45) is 0 Å². The second-order valence-electron chi connectivity index (χ2n) is 3.93. The summed E-state index contributed by atoms with van der Waals surface area (Å²) in [7, 11) is 0. The normalized spacial score (nSPS) is 15.6. The molecule has 92 valence electrons. The van der Waals surface area contributed by atoms with Crippen LogP contribution in [0.4, 0.5) is 4.39 Å². The number of aryl methyl sites for hydroxylation is 1. The van der Waals surface area contributed by atoms with Crippen LogP contribution >= 0.6 is 0 Å². The second kappa shape index (κ2) is 5.17. The molecule has 0 bridgehead atoms. The maximum absolute atomic E-state index is 13.8. The van der Waals surface area contributed by atoms with Gasteiger partial charge in [0.15, 0.2) is 0 Å². The Kier molecular flexibility index (Phi) is 3.61. The number of carbonyl (C=O) groups is 1. The molecule has 0 spiro atoms. The van der Waals surface area contributed by atoms with E-state index in [2.05, 4.69) is 4.74 Å². The highest BCUT2D eigenvalue weighted by atomic mass is 19.1. The topological polar surface area (TPSA) is 35.5 Å². The van der Waals surface area contributed by atoms with Crippen LogP contribution in [0.3, 0.4) is 0 Å². The molecule has 0 fully saturated rings. The van der Waals surface area contributed by atoms with E-state index >= 15 is 0 Å². The molecular weight excluding hydrogens is 223 g/mol. The number of rotatable bonds is 3. The fourth-order valence-corrected chi connectivity index (χ4v) is 1.89. The van der Waals surface area contributed by atoms with Gasteiger partial charge in [-0.25, -0.2) is 9.18 Å². The fraction of sp³-hybridized carbons (Fsp3) is 0.462. The van der Waals surface area contributed by atoms with Crippen molar-refractivity contribution >= 4 is 5.97 Å². The molecule has 1 atom stereocenters. The molecule has 1 unspecified atom stereocenters. The molecule has 1 aromatic rings. The highest BCUT2D eigenvalue weighted by Gasteiger charge is 2.22. The van der Waals surface area contributed by atoms with Crippen LogP contribution < -0.4 is 4.74 Å². The van der Waals surface area contributed by atoms with E-state index in [-0.39, 0.29) is 6.61 Å². The van der Waals surface area contributed by atoms with Crippen molar-refractivity contribution in [2.75, 3.05) is 13.2 Å². The van der Waals surface area contributed by atoms with Crippen LogP contribution in [0.2, 0.25) is 0 Å². The summed E-state index contributed by atoms with van der Waals surface area (Å²) >= 11 is 0. The zero-order valence-corrected chi connectivity index (χ0v) is 9.74. The number of carbonyl (C=O) groups excluding carboxylic acids is 1. The molecule has 3 nitrogen and oxygen atoms in total. The number of halogens is 1. The third kappa shape index (κ3) is 2.57. The number of hydrogen-bond acceptors (Lipinski definition) is 3. The average molecular weight is 238 g/mol. The third-order valence-electron chi connectivity index (χ3n) is 2.72. The van der Waals surface area contributed by atoms with Crippen molar-refractivity contribution in [3.8, 4) is 5.75 Å². The van der Waals surface area contributed by atoms with Crippen molar-refractivity contribution in [1.82, 2.24) is 0 Å². The molecule has 2 rings (SSSR count). The van der Waals surface area contributed by atoms with Crippen molar-refractivity contribution in [1.29, 1.82) is 0 Å². The second-order valence-corrected chi connectivity index (χ2v) is 3.93. The Morgan fingerprint density at radius 2 is 2.41 bits per heavy atom. The Bertz CT molecular complexity index is 417. The minimum Gasteiger partial charge on any atom is -0.493 e. The van der Waals surface area contributed by atoms with E-state index in [1.807, 2.05) is 0 Å². The largest absolute Gasteiger partial charge is 0.493 e. The fourth-order valence-electron chi connectivity index (χ4n) is 1.89. The molecule has 17 heavy (non-hydrogen) atoms. The minimum absolute atomic E-state index is 0.188. The van der Waals surface area contributed by atoms with Gasteiger partial charge in [-0.2, -0.15) is 0 Å². The van der Waals surface area contributed by atoms with Crippen molar-refractivity contribution in [2.45, 2.75) is 25.9 Å². The van der Waals surface area contributed by atoms with Gasteiger partial charge in [0.2, 0.25) is 6.17 Å². The Morgan fingerprint density at radius 1 is 1.59 bits per heavy atom. The van der Waals surface area contributed by atoms with Crippen LogP contribution in [0.25, 0.3) is 0 Å². The maximum atomic E-state index is 13.8. The first kappa shape index (κ1) is 11.9. The highest BCUT2D eigenvalue weighted by Crippen LogP contribution is 2.29. The Labute approximate surface area is 99.5 Å². The summed E-state index contributed by atoms with van der Waals surface area (Å²) in [6.07, 6.45) is 0.0769. The van der Waals surface area contributed by atoms with E-state index in [1.54, 1.807) is 25.1 Å². The lowest BCUT2D eigenvalue weighted by Gasteiger charge is -2.18. The van der Waals surface area contributed by atoms with Gasteiger partial charge in [0, 0.05) is 0 Å². The summed E-state index contributed by atoms with van der Waals surface area (Å²) in [5.41, 5.74) is 1.30. The number of alkyl halides is 1. The quantitative estimate of drug-likeness (QED) is 0.759. The van der Waals surface area contributed by atoms with Crippen LogP contribution in [-0.4, -0.2) is 19.2 Å². The van der Waals surface area contributed by atoms with Gasteiger partial charge in [0.05, 0.1) is 13.2 Å². The molecule has 1 heterocycles. The van der Waals surface area contributed by atoms with Crippen LogP contribution in [0.1, 0.15) is 30.6 Å². The van der Waals surface area contributed by atoms with Gasteiger partial charge in [-0.3, -0.25) is 0 Å². The lowest BCUT2D eigenvalue weighted by atomic mass is 10.0. The van der Waals surface area contributed by atoms with Gasteiger partial charge in [-0.05, 0) is 43.0 Å². The first-order chi connectivity index (χ1) is 8.22. The van der Waals surface area contributed by atoms with Crippen molar-refractivity contribution in [3.63, 3.8) is 0 Å². The van der Waals surface area contributed by atoms with E-state index in [9.17, 15) is 9.18 Å². The molecule has 1 aromatic carbocycles. The van der Waals surface area contributed by atoms with Gasteiger partial charge in [0.1, 0.15) is 5.75 Å². The third-order valence-corrected chi connectivity index (χ3v) is 2.72. The van der Waals surface area contributed by atoms with E-state index in [1.165, 1.54) is 0 Å². The van der Waals surface area contributed by atoms with Gasteiger partial charge in [-0.15, -0.1) is 0 Å². The molecule has 0 aromatic heterocycles. The van der Waals surface area contributed by atoms with E-state index < -0.39 is 12.1 Å². The average Bonchev–Trinajstić information content (AvgIpc) is 2.37. The van der Waals surface area contributed by atoms with Gasteiger partial charge in [-0.1, -0.05) is 6.07 Å². The number of benzene rings is 1. The summed E-state index contributed by atoms with van der Waals surface area (Å²) < 4.78 is 23.9. The smallest absolute Gasteiger partial charge is 0.345 e. The van der Waals surface area contributed by atoms with E-state index in [0.717, 1.165) is 24.2 Å². The van der Waals surface area contributed by atoms with Crippen molar-refractivity contribution < 1.29 is 18.7 Å². The zero-order chi connectivity index (χ0) is 12.3. The molecule has 0 amide bonds. The Morgan fingerprint density at radius 3 is 3.18 bits per heavy atom. The molecule has 0 radical (unpaired) electrons. The SMILES string of the molecule is CCOC(=O)C(F)c1ccc2c(c1)CCCO2. The van der Waals surface area contributed by atoms with E-state index in [4.69, 9.17) is 4.74 Å². The van der Waals surface area contributed by atoms with Crippen LogP contribution in [0, 0.1) is 0 Å². The molecule has 4 heteroatoms. The van der Waals surface area contributed by atoms with Gasteiger partial charge < -0.3 is 9.47 Å². The number of esters is 1. The van der Waals surface area contributed by atoms with Crippen LogP contribution in [0.5, 0.6) is 5.75 Å². The number of fused-ring (bicyclic) bond motifs is 1. The number of ether oxygens (including phenoxy) is 2. The summed E-state index contributed by atoms with van der Waals surface area (Å²) in [5.74, 6) is -0.0414. The molecule has 1 aliphatic heterocycles. The Balaban J connectivity index is 2.18. The molecule has 1 aliphatic rings. The summed E-state index contributed by atoms with van der Waals surface area (Å²) in [5, 5.41) is 0. The lowest BCUT2D eigenvalue weighted by Crippen LogP contribution is -2.13. The molecule has 0 saturated carbocycles. The molecule has 0 aliphatic carbocycles. The predicted molar refractivity (Wildman–Crippen MR) is 60.7 cm³/mol. The standard InChI is InChI=1S/C13H15FO3/c1-2-16-13(15)12(14)10-5-6-11-9(8-10)4-3-7-17-11/h5-6,8,12H,2-4,7H2,1H3. The molecular formula is C13H15FO3. The van der Waals surface area contributed by atoms with Gasteiger partial charge >= 0.3 is 5.97 Å².